The number of rotatable bonds is 3. The van der Waals surface area contributed by atoms with E-state index in [1.54, 1.807) is 0 Å². The number of hydrazine groups is 1. The Morgan fingerprint density at radius 3 is 2.36 bits per heavy atom. The van der Waals surface area contributed by atoms with Crippen LogP contribution in [-0.4, -0.2) is 35.0 Å². The van der Waals surface area contributed by atoms with E-state index in [1.165, 1.54) is 6.42 Å². The Labute approximate surface area is 142 Å². The van der Waals surface area contributed by atoms with Gasteiger partial charge in [-0.3, -0.25) is 5.01 Å². The second-order valence-electron chi connectivity index (χ2n) is 4.97. The van der Waals surface area contributed by atoms with Crippen molar-refractivity contribution in [1.29, 1.82) is 0 Å². The number of halogens is 2. The number of guanidine groups is 2. The molecule has 1 aliphatic heterocycles. The Kier molecular flexibility index (Phi) is 8.01. The molecule has 1 saturated heterocycles. The number of nitrogens with two attached hydrogens (primary N) is 2. The fourth-order valence-electron chi connectivity index (χ4n) is 2.39. The van der Waals surface area contributed by atoms with Crippen LogP contribution >= 0.6 is 24.2 Å². The van der Waals surface area contributed by atoms with E-state index in [1.807, 2.05) is 23.2 Å². The van der Waals surface area contributed by atoms with Crippen LogP contribution in [-0.2, 0) is 6.54 Å². The highest BCUT2D eigenvalue weighted by atomic mass is 35.5. The maximum Gasteiger partial charge on any atom is 0.235 e. The number of nitrogens with zero attached hydrogens (tertiary/aromatic N) is 4. The van der Waals surface area contributed by atoms with Gasteiger partial charge in [0.25, 0.3) is 0 Å². The van der Waals surface area contributed by atoms with Gasteiger partial charge in [0.05, 0.1) is 6.54 Å². The molecule has 1 heterocycles. The van der Waals surface area contributed by atoms with Gasteiger partial charge in [0.2, 0.25) is 11.9 Å². The molecule has 22 heavy (non-hydrogen) atoms. The van der Waals surface area contributed by atoms with Gasteiger partial charge < -0.3 is 11.5 Å². The summed E-state index contributed by atoms with van der Waals surface area (Å²) in [4.78, 5) is 4.04. The largest absolute Gasteiger partial charge is 0.368 e. The Bertz CT molecular complexity index is 499. The van der Waals surface area contributed by atoms with Gasteiger partial charge in [-0.1, -0.05) is 36.8 Å². The molecule has 0 saturated carbocycles. The molecule has 1 aromatic rings. The summed E-state index contributed by atoms with van der Waals surface area (Å²) in [5.41, 5.74) is 12.8. The van der Waals surface area contributed by atoms with Gasteiger partial charge in [-0.2, -0.15) is 4.99 Å². The molecule has 0 spiro atoms. The van der Waals surface area contributed by atoms with E-state index in [4.69, 9.17) is 23.2 Å². The number of hydrogen-bond donors (Lipinski definition) is 2. The molecule has 0 atom stereocenters. The number of hydrogen-bond acceptors (Lipinski definition) is 2. The molecule has 8 heteroatoms. The lowest BCUT2D eigenvalue weighted by molar-refractivity contribution is 0.0175. The smallest absolute Gasteiger partial charge is 0.235 e. The Morgan fingerprint density at radius 1 is 1.14 bits per heavy atom. The van der Waals surface area contributed by atoms with E-state index < -0.39 is 0 Å². The fraction of sp³-hybridized carbons (Fsp3) is 0.429. The van der Waals surface area contributed by atoms with Crippen molar-refractivity contribution in [2.45, 2.75) is 25.8 Å². The van der Waals surface area contributed by atoms with E-state index in [2.05, 4.69) is 26.6 Å². The normalized spacial score (nSPS) is 17.0. The zero-order valence-electron chi connectivity index (χ0n) is 12.4. The summed E-state index contributed by atoms with van der Waals surface area (Å²) in [7, 11) is 0. The average Bonchev–Trinajstić information content (AvgIpc) is 2.54. The third-order valence-corrected chi connectivity index (χ3v) is 3.60. The molecule has 4 N–H and O–H groups in total. The Hall–Kier alpha value is -1.50. The first-order valence-corrected chi connectivity index (χ1v) is 7.39. The lowest BCUT2D eigenvalue weighted by atomic mass is 10.1. The van der Waals surface area contributed by atoms with E-state index >= 15 is 0 Å². The monoisotopic (exact) mass is 344 g/mol. The van der Waals surface area contributed by atoms with E-state index in [0.717, 1.165) is 31.5 Å². The number of benzene rings is 1. The molecule has 0 aromatic heterocycles. The van der Waals surface area contributed by atoms with Crippen LogP contribution in [0.1, 0.15) is 24.8 Å². The molecule has 6 nitrogen and oxygen atoms in total. The first-order chi connectivity index (χ1) is 10.2. The van der Waals surface area contributed by atoms with Crippen LogP contribution in [0.5, 0.6) is 0 Å². The molecular formula is C14H22Cl2N6. The molecule has 0 aliphatic carbocycles. The van der Waals surface area contributed by atoms with Gasteiger partial charge in [-0.05, 0) is 18.4 Å². The minimum Gasteiger partial charge on any atom is -0.368 e. The number of piperidine rings is 1. The van der Waals surface area contributed by atoms with E-state index in [9.17, 15) is 0 Å². The predicted octanol–water partition coefficient (Wildman–Crippen LogP) is 2.09. The third-order valence-electron chi connectivity index (χ3n) is 3.43. The summed E-state index contributed by atoms with van der Waals surface area (Å²) >= 11 is 5.31. The van der Waals surface area contributed by atoms with Crippen LogP contribution in [0.4, 0.5) is 0 Å². The van der Waals surface area contributed by atoms with Crippen LogP contribution in [0.15, 0.2) is 39.8 Å². The van der Waals surface area contributed by atoms with Crippen LogP contribution < -0.4 is 11.5 Å². The van der Waals surface area contributed by atoms with Gasteiger partial charge >= 0.3 is 0 Å². The van der Waals surface area contributed by atoms with Crippen molar-refractivity contribution in [2.75, 3.05) is 13.1 Å². The van der Waals surface area contributed by atoms with Gasteiger partial charge in [0.1, 0.15) is 0 Å². The average molecular weight is 345 g/mol. The van der Waals surface area contributed by atoms with Gasteiger partial charge in [0.15, 0.2) is 0 Å². The summed E-state index contributed by atoms with van der Waals surface area (Å²) in [5.74, 6) is 0.270. The maximum atomic E-state index is 6.09. The molecular weight excluding hydrogens is 323 g/mol. The summed E-state index contributed by atoms with van der Waals surface area (Å²) < 4.78 is 3.32. The molecule has 2 rings (SSSR count). The summed E-state index contributed by atoms with van der Waals surface area (Å²) in [5, 5.41) is 4.15. The number of aliphatic imine (C=N–C) groups is 1. The topological polar surface area (TPSA) is 83.2 Å². The Balaban J connectivity index is 0.00000242. The van der Waals surface area contributed by atoms with Crippen molar-refractivity contribution in [3.63, 3.8) is 0 Å². The van der Waals surface area contributed by atoms with Crippen LogP contribution in [0.2, 0.25) is 0 Å². The molecule has 0 bridgehead atoms. The second kappa shape index (κ2) is 9.50. The van der Waals surface area contributed by atoms with Crippen molar-refractivity contribution in [1.82, 2.24) is 10.0 Å². The van der Waals surface area contributed by atoms with E-state index in [-0.39, 0.29) is 18.4 Å². The quantitative estimate of drug-likeness (QED) is 0.649. The highest BCUT2D eigenvalue weighted by Gasteiger charge is 2.20. The van der Waals surface area contributed by atoms with Gasteiger partial charge in [-0.25, -0.2) is 5.01 Å². The highest BCUT2D eigenvalue weighted by molar-refractivity contribution is 6.20. The molecule has 1 aliphatic rings. The summed E-state index contributed by atoms with van der Waals surface area (Å²) in [6.07, 6.45) is 3.55. The maximum absolute atomic E-state index is 6.09. The van der Waals surface area contributed by atoms with Crippen molar-refractivity contribution >= 4 is 36.1 Å². The lowest BCUT2D eigenvalue weighted by Crippen LogP contribution is -2.51. The Morgan fingerprint density at radius 2 is 1.77 bits per heavy atom. The van der Waals surface area contributed by atoms with Gasteiger partial charge in [-0.15, -0.1) is 16.9 Å². The predicted molar refractivity (Wildman–Crippen MR) is 93.8 cm³/mol. The van der Waals surface area contributed by atoms with Crippen molar-refractivity contribution in [2.24, 2.45) is 21.0 Å². The van der Waals surface area contributed by atoms with Crippen molar-refractivity contribution in [3.8, 4) is 0 Å². The molecule has 0 radical (unpaired) electrons. The molecule has 122 valence electrons. The minimum atomic E-state index is -0.0377. The lowest BCUT2D eigenvalue weighted by Gasteiger charge is -2.38. The van der Waals surface area contributed by atoms with Crippen molar-refractivity contribution in [3.05, 3.63) is 35.9 Å². The second-order valence-corrected chi connectivity index (χ2v) is 5.14. The van der Waals surface area contributed by atoms with Gasteiger partial charge in [0, 0.05) is 24.9 Å². The zero-order chi connectivity index (χ0) is 15.1. The third kappa shape index (κ3) is 5.36. The molecule has 1 fully saturated rings. The fourth-order valence-corrected chi connectivity index (χ4v) is 2.43. The van der Waals surface area contributed by atoms with E-state index in [0.29, 0.717) is 12.5 Å². The molecule has 0 unspecified atom stereocenters. The van der Waals surface area contributed by atoms with Crippen LogP contribution in [0.25, 0.3) is 0 Å². The highest BCUT2D eigenvalue weighted by Crippen LogP contribution is 2.14. The summed E-state index contributed by atoms with van der Waals surface area (Å²) in [6.45, 7) is 2.56. The van der Waals surface area contributed by atoms with Crippen LogP contribution in [0.3, 0.4) is 0 Å². The first kappa shape index (κ1) is 18.5. The zero-order valence-corrected chi connectivity index (χ0v) is 13.9. The van der Waals surface area contributed by atoms with Crippen LogP contribution in [0, 0.1) is 0 Å². The molecule has 1 aromatic carbocycles. The SMILES string of the molecule is Cl.NC(=NCl)N=C(N)N(Cc1ccccc1)N1CCCCC1. The first-order valence-electron chi connectivity index (χ1n) is 7.05. The molecule has 0 amide bonds. The minimum absolute atomic E-state index is 0. The standard InChI is InChI=1S/C14H21ClN6.ClH/c15-19-13(16)18-14(17)21(20-9-5-2-6-10-20)11-12-7-3-1-4-8-12;/h1,3-4,7-8H,2,5-6,9-11H2,(H4,16,17,18,19);1H. The summed E-state index contributed by atoms with van der Waals surface area (Å²) in [6, 6.07) is 10.1. The van der Waals surface area contributed by atoms with Crippen molar-refractivity contribution < 1.29 is 0 Å².